The average molecular weight is 671 g/mol. The van der Waals surface area contributed by atoms with E-state index in [4.69, 9.17) is 4.74 Å². The van der Waals surface area contributed by atoms with Crippen molar-refractivity contribution in [1.29, 1.82) is 0 Å². The predicted molar refractivity (Wildman–Crippen MR) is 177 cm³/mol. The van der Waals surface area contributed by atoms with E-state index in [1.165, 1.54) is 13.0 Å². The van der Waals surface area contributed by atoms with Gasteiger partial charge in [0.1, 0.15) is 30.3 Å². The molecule has 0 aromatic carbocycles. The van der Waals surface area contributed by atoms with E-state index >= 15 is 0 Å². The number of carbonyl (C=O) groups excluding carboxylic acids is 1. The fraction of sp³-hybridized carbons (Fsp3) is 0.686. The number of hydrogen-bond acceptors (Lipinski definition) is 12. The minimum absolute atomic E-state index is 0.197. The van der Waals surface area contributed by atoms with Crippen molar-refractivity contribution in [3.8, 4) is 0 Å². The van der Waals surface area contributed by atoms with Crippen molar-refractivity contribution >= 4 is 5.97 Å². The smallest absolute Gasteiger partial charge is 0.314 e. The lowest BCUT2D eigenvalue weighted by molar-refractivity contribution is -0.168. The van der Waals surface area contributed by atoms with E-state index in [1.807, 2.05) is 6.92 Å². The molecule has 270 valence electrons. The van der Waals surface area contributed by atoms with Crippen LogP contribution in [0.5, 0.6) is 0 Å². The van der Waals surface area contributed by atoms with Crippen LogP contribution in [0.15, 0.2) is 60.3 Å². The summed E-state index contributed by atoms with van der Waals surface area (Å²) in [7, 11) is 0. The Morgan fingerprint density at radius 2 is 1.21 bits per heavy atom. The second-order valence-electron chi connectivity index (χ2n) is 12.5. The molecule has 0 radical (unpaired) electrons. The van der Waals surface area contributed by atoms with Gasteiger partial charge in [-0.25, -0.2) is 0 Å². The first-order valence-corrected chi connectivity index (χ1v) is 16.5. The van der Waals surface area contributed by atoms with Crippen molar-refractivity contribution in [2.75, 3.05) is 0 Å². The molecule has 10 N–H and O–H groups in total. The molecule has 1 aliphatic heterocycles. The Balaban J connectivity index is 3.19. The molecule has 0 fully saturated rings. The summed E-state index contributed by atoms with van der Waals surface area (Å²) < 4.78 is 5.41. The van der Waals surface area contributed by atoms with Gasteiger partial charge in [-0.15, -0.1) is 0 Å². The van der Waals surface area contributed by atoms with Gasteiger partial charge in [0.05, 0.1) is 42.7 Å². The highest BCUT2D eigenvalue weighted by Gasteiger charge is 2.37. The van der Waals surface area contributed by atoms with Crippen LogP contribution in [0.1, 0.15) is 78.6 Å². The maximum atomic E-state index is 13.1. The highest BCUT2D eigenvalue weighted by molar-refractivity contribution is 5.74. The van der Waals surface area contributed by atoms with Crippen LogP contribution >= 0.6 is 0 Å². The number of ether oxygens (including phenoxy) is 1. The summed E-state index contributed by atoms with van der Waals surface area (Å²) in [4.78, 5) is 13.1. The van der Waals surface area contributed by atoms with Crippen molar-refractivity contribution in [1.82, 2.24) is 0 Å². The third-order valence-corrected chi connectivity index (χ3v) is 8.17. The van der Waals surface area contributed by atoms with E-state index in [-0.39, 0.29) is 32.1 Å². The molecule has 0 saturated heterocycles. The minimum atomic E-state index is -1.61. The lowest BCUT2D eigenvalue weighted by atomic mass is 9.87. The van der Waals surface area contributed by atoms with Crippen LogP contribution in [-0.2, 0) is 9.53 Å². The van der Waals surface area contributed by atoms with Gasteiger partial charge in [-0.3, -0.25) is 4.79 Å². The molecule has 47 heavy (non-hydrogen) atoms. The van der Waals surface area contributed by atoms with Crippen LogP contribution in [0.25, 0.3) is 0 Å². The first-order chi connectivity index (χ1) is 22.2. The quantitative estimate of drug-likeness (QED) is 0.145. The highest BCUT2D eigenvalue weighted by Crippen LogP contribution is 2.24. The summed E-state index contributed by atoms with van der Waals surface area (Å²) in [5.74, 6) is -2.37. The summed E-state index contributed by atoms with van der Waals surface area (Å²) in [5.41, 5.74) is 0.357. The van der Waals surface area contributed by atoms with Gasteiger partial charge in [-0.1, -0.05) is 80.9 Å². The van der Waals surface area contributed by atoms with Crippen molar-refractivity contribution in [2.24, 2.45) is 5.92 Å². The van der Waals surface area contributed by atoms with E-state index < -0.39 is 85.5 Å². The first kappa shape index (κ1) is 42.8. The Hall–Kier alpha value is -2.23. The van der Waals surface area contributed by atoms with Gasteiger partial charge in [-0.05, 0) is 45.1 Å². The van der Waals surface area contributed by atoms with Crippen LogP contribution in [0, 0.1) is 5.92 Å². The third kappa shape index (κ3) is 17.1. The Labute approximate surface area is 278 Å². The van der Waals surface area contributed by atoms with Crippen LogP contribution in [0.3, 0.4) is 0 Å². The van der Waals surface area contributed by atoms with E-state index in [1.54, 1.807) is 55.5 Å². The number of unbranched alkanes of at least 4 members (excludes halogenated alkanes) is 2. The van der Waals surface area contributed by atoms with Crippen molar-refractivity contribution in [3.63, 3.8) is 0 Å². The summed E-state index contributed by atoms with van der Waals surface area (Å²) in [5, 5.41) is 105. The van der Waals surface area contributed by atoms with Gasteiger partial charge < -0.3 is 55.8 Å². The average Bonchev–Trinajstić information content (AvgIpc) is 2.98. The zero-order valence-electron chi connectivity index (χ0n) is 27.8. The molecule has 1 heterocycles. The van der Waals surface area contributed by atoms with E-state index in [2.05, 4.69) is 0 Å². The first-order valence-electron chi connectivity index (χ1n) is 16.5. The van der Waals surface area contributed by atoms with Gasteiger partial charge in [0.25, 0.3) is 0 Å². The van der Waals surface area contributed by atoms with Gasteiger partial charge in [0, 0.05) is 12.8 Å². The molecule has 0 aromatic rings. The van der Waals surface area contributed by atoms with E-state index in [9.17, 15) is 55.9 Å². The van der Waals surface area contributed by atoms with Gasteiger partial charge >= 0.3 is 5.97 Å². The lowest BCUT2D eigenvalue weighted by Gasteiger charge is -2.30. The number of hydrogen-bond donors (Lipinski definition) is 10. The summed E-state index contributed by atoms with van der Waals surface area (Å²) in [6, 6.07) is 0. The largest absolute Gasteiger partial charge is 0.459 e. The van der Waals surface area contributed by atoms with Crippen LogP contribution in [-0.4, -0.2) is 124 Å². The number of rotatable bonds is 5. The molecule has 0 aromatic heterocycles. The fourth-order valence-electron chi connectivity index (χ4n) is 5.30. The van der Waals surface area contributed by atoms with Crippen molar-refractivity contribution in [3.05, 3.63) is 60.3 Å². The fourth-order valence-corrected chi connectivity index (χ4v) is 5.30. The monoisotopic (exact) mass is 670 g/mol. The molecule has 0 unspecified atom stereocenters. The molecule has 1 aliphatic rings. The second kappa shape index (κ2) is 23.2. The van der Waals surface area contributed by atoms with Crippen molar-refractivity contribution < 1.29 is 60.6 Å². The predicted octanol–water partition coefficient (Wildman–Crippen LogP) is 0.859. The SMILES string of the molecule is CCCCC[C@H](O)[C@@H]1C(=O)O[C@H](C)[C@H](O)C=CC=CC=CC=CC=C(C)[C@H](O)[C@H](O)[C@H](O)C[C@H](O)C[C@H](O)C[C@H](O)C[C@@H](O)C[C@@H]1O. The molecule has 1 rings (SSSR count). The number of allylic oxidation sites excluding steroid dienone is 8. The molecule has 0 spiro atoms. The number of aliphatic hydroxyl groups excluding tert-OH is 10. The normalized spacial score (nSPS) is 35.8. The maximum Gasteiger partial charge on any atom is 0.314 e. The second-order valence-corrected chi connectivity index (χ2v) is 12.5. The Morgan fingerprint density at radius 1 is 0.723 bits per heavy atom. The third-order valence-electron chi connectivity index (χ3n) is 8.17. The number of carbonyl (C=O) groups is 1. The van der Waals surface area contributed by atoms with E-state index in [0.29, 0.717) is 12.0 Å². The topological polar surface area (TPSA) is 229 Å². The van der Waals surface area contributed by atoms with Crippen LogP contribution in [0.4, 0.5) is 0 Å². The van der Waals surface area contributed by atoms with Crippen LogP contribution < -0.4 is 0 Å². The zero-order chi connectivity index (χ0) is 35.5. The lowest BCUT2D eigenvalue weighted by Crippen LogP contribution is -2.43. The zero-order valence-corrected chi connectivity index (χ0v) is 27.8. The molecular weight excluding hydrogens is 612 g/mol. The van der Waals surface area contributed by atoms with Gasteiger partial charge in [0.2, 0.25) is 0 Å². The Bertz CT molecular complexity index is 1020. The number of esters is 1. The summed E-state index contributed by atoms with van der Waals surface area (Å²) in [6.07, 6.45) is 0.559. The Kier molecular flexibility index (Phi) is 21.1. The summed E-state index contributed by atoms with van der Waals surface area (Å²) in [6.45, 7) is 5.00. The van der Waals surface area contributed by atoms with Gasteiger partial charge in [-0.2, -0.15) is 0 Å². The minimum Gasteiger partial charge on any atom is -0.459 e. The van der Waals surface area contributed by atoms with Crippen LogP contribution in [0.2, 0.25) is 0 Å². The molecule has 12 nitrogen and oxygen atoms in total. The molecular formula is C35H58O12. The molecule has 0 saturated carbocycles. The molecule has 0 bridgehead atoms. The standard InChI is InChI=1S/C35H58O12/c1-4-5-11-16-29(41)32-30(42)20-26(38)18-24(36)17-25(37)19-27(39)21-31(43)34(45)33(44)22(2)14-12-9-7-6-8-10-13-15-28(40)23(3)47-35(32)46/h6-10,12-15,23-34,36-45H,4-5,11,16-21H2,1-3H3/t23-,24+,25-,26-,27-,28-,29+,30+,31-,32+,33+,34-/m1/s1. The molecule has 0 amide bonds. The van der Waals surface area contributed by atoms with Crippen molar-refractivity contribution in [2.45, 2.75) is 146 Å². The molecule has 0 aliphatic carbocycles. The van der Waals surface area contributed by atoms with Gasteiger partial charge in [0.15, 0.2) is 0 Å². The maximum absolute atomic E-state index is 13.1. The molecule has 12 atom stereocenters. The highest BCUT2D eigenvalue weighted by atomic mass is 16.6. The molecule has 12 heteroatoms. The van der Waals surface area contributed by atoms with E-state index in [0.717, 1.165) is 12.8 Å². The number of aliphatic hydroxyl groups is 10. The summed E-state index contributed by atoms with van der Waals surface area (Å²) >= 11 is 0. The number of cyclic esters (lactones) is 1. The Morgan fingerprint density at radius 3 is 1.77 bits per heavy atom.